The van der Waals surface area contributed by atoms with Crippen LogP contribution in [0.4, 0.5) is 0 Å². The van der Waals surface area contributed by atoms with Crippen molar-refractivity contribution in [1.29, 1.82) is 0 Å². The largest absolute Gasteiger partial charge is 0.387 e. The molecular weight excluding hydrogens is 198 g/mol. The zero-order chi connectivity index (χ0) is 11.5. The Kier molecular flexibility index (Phi) is 3.62. The van der Waals surface area contributed by atoms with Gasteiger partial charge in [-0.15, -0.1) is 0 Å². The molecular formula is C14H21NO. The summed E-state index contributed by atoms with van der Waals surface area (Å²) >= 11 is 0. The van der Waals surface area contributed by atoms with Crippen LogP contribution in [0.2, 0.25) is 0 Å². The van der Waals surface area contributed by atoms with Gasteiger partial charge in [0, 0.05) is 6.04 Å². The van der Waals surface area contributed by atoms with Crippen molar-refractivity contribution in [2.75, 3.05) is 6.54 Å². The number of rotatable bonds is 2. The van der Waals surface area contributed by atoms with Crippen molar-refractivity contribution < 1.29 is 5.11 Å². The van der Waals surface area contributed by atoms with Gasteiger partial charge in [0.2, 0.25) is 0 Å². The molecule has 1 aliphatic rings. The van der Waals surface area contributed by atoms with Gasteiger partial charge in [0.05, 0.1) is 6.10 Å². The third-order valence-electron chi connectivity index (χ3n) is 3.59. The quantitative estimate of drug-likeness (QED) is 0.800. The Bertz CT molecular complexity index is 350. The third kappa shape index (κ3) is 2.45. The molecule has 2 heteroatoms. The molecule has 0 saturated carbocycles. The monoisotopic (exact) mass is 219 g/mol. The minimum atomic E-state index is -0.371. The lowest BCUT2D eigenvalue weighted by atomic mass is 9.87. The predicted molar refractivity (Wildman–Crippen MR) is 66.3 cm³/mol. The molecule has 1 aromatic carbocycles. The Labute approximate surface area is 97.7 Å². The van der Waals surface area contributed by atoms with E-state index in [0.717, 1.165) is 18.5 Å². The zero-order valence-corrected chi connectivity index (χ0v) is 10.1. The van der Waals surface area contributed by atoms with Crippen molar-refractivity contribution in [3.8, 4) is 0 Å². The summed E-state index contributed by atoms with van der Waals surface area (Å²) in [5.41, 5.74) is 2.24. The zero-order valence-electron chi connectivity index (χ0n) is 10.1. The molecule has 0 spiro atoms. The Hall–Kier alpha value is -0.860. The first kappa shape index (κ1) is 11.6. The summed E-state index contributed by atoms with van der Waals surface area (Å²) in [6.45, 7) is 5.35. The molecule has 1 saturated heterocycles. The molecule has 0 radical (unpaired) electrons. The number of aliphatic hydroxyl groups is 1. The van der Waals surface area contributed by atoms with E-state index in [1.807, 2.05) is 18.2 Å². The Morgan fingerprint density at radius 2 is 2.12 bits per heavy atom. The van der Waals surface area contributed by atoms with Crippen molar-refractivity contribution >= 4 is 0 Å². The van der Waals surface area contributed by atoms with Crippen LogP contribution in [0, 0.1) is 12.8 Å². The number of hydrogen-bond acceptors (Lipinski definition) is 2. The van der Waals surface area contributed by atoms with Gasteiger partial charge >= 0.3 is 0 Å². The van der Waals surface area contributed by atoms with Crippen molar-refractivity contribution in [2.45, 2.75) is 38.8 Å². The standard InChI is InChI=1S/C14H21NO/c1-10-7-8-15-13(9-10)14(16)12-6-4-3-5-11(12)2/h3-6,10,13-16H,7-9H2,1-2H3. The molecule has 1 aromatic rings. The average molecular weight is 219 g/mol. The molecule has 16 heavy (non-hydrogen) atoms. The lowest BCUT2D eigenvalue weighted by Crippen LogP contribution is -2.41. The molecule has 1 heterocycles. The second-order valence-corrected chi connectivity index (χ2v) is 4.99. The maximum Gasteiger partial charge on any atom is 0.0945 e. The summed E-state index contributed by atoms with van der Waals surface area (Å²) in [5, 5.41) is 13.8. The molecule has 3 unspecified atom stereocenters. The highest BCUT2D eigenvalue weighted by molar-refractivity contribution is 5.28. The van der Waals surface area contributed by atoms with Crippen LogP contribution in [0.25, 0.3) is 0 Å². The fourth-order valence-corrected chi connectivity index (χ4v) is 2.53. The van der Waals surface area contributed by atoms with Gasteiger partial charge < -0.3 is 10.4 Å². The lowest BCUT2D eigenvalue weighted by Gasteiger charge is -2.32. The first-order valence-corrected chi connectivity index (χ1v) is 6.15. The van der Waals surface area contributed by atoms with Crippen molar-refractivity contribution in [3.05, 3.63) is 35.4 Å². The first-order valence-electron chi connectivity index (χ1n) is 6.15. The molecule has 0 amide bonds. The fraction of sp³-hybridized carbons (Fsp3) is 0.571. The molecule has 0 aromatic heterocycles. The van der Waals surface area contributed by atoms with Gasteiger partial charge in [-0.1, -0.05) is 31.2 Å². The number of nitrogens with one attached hydrogen (secondary N) is 1. The van der Waals surface area contributed by atoms with Crippen molar-refractivity contribution in [1.82, 2.24) is 5.32 Å². The van der Waals surface area contributed by atoms with Crippen LogP contribution in [-0.2, 0) is 0 Å². The van der Waals surface area contributed by atoms with Gasteiger partial charge in [-0.2, -0.15) is 0 Å². The number of hydrogen-bond donors (Lipinski definition) is 2. The Morgan fingerprint density at radius 3 is 2.81 bits per heavy atom. The van der Waals surface area contributed by atoms with E-state index in [0.29, 0.717) is 5.92 Å². The predicted octanol–water partition coefficient (Wildman–Crippen LogP) is 2.42. The second-order valence-electron chi connectivity index (χ2n) is 4.99. The van der Waals surface area contributed by atoms with Crippen LogP contribution >= 0.6 is 0 Å². The molecule has 2 nitrogen and oxygen atoms in total. The molecule has 0 bridgehead atoms. The minimum Gasteiger partial charge on any atom is -0.387 e. The van der Waals surface area contributed by atoms with E-state index in [4.69, 9.17) is 0 Å². The van der Waals surface area contributed by atoms with Crippen LogP contribution in [0.1, 0.15) is 37.0 Å². The summed E-state index contributed by atoms with van der Waals surface area (Å²) in [4.78, 5) is 0. The van der Waals surface area contributed by atoms with Gasteiger partial charge in [0.1, 0.15) is 0 Å². The average Bonchev–Trinajstić information content (AvgIpc) is 2.29. The highest BCUT2D eigenvalue weighted by Crippen LogP contribution is 2.27. The summed E-state index contributed by atoms with van der Waals surface area (Å²) in [6.07, 6.45) is 1.91. The van der Waals surface area contributed by atoms with Crippen LogP contribution in [0.5, 0.6) is 0 Å². The van der Waals surface area contributed by atoms with E-state index in [1.165, 1.54) is 12.0 Å². The number of aryl methyl sites for hydroxylation is 1. The van der Waals surface area contributed by atoms with Gasteiger partial charge in [0.15, 0.2) is 0 Å². The Morgan fingerprint density at radius 1 is 1.38 bits per heavy atom. The number of piperidine rings is 1. The van der Waals surface area contributed by atoms with E-state index >= 15 is 0 Å². The van der Waals surface area contributed by atoms with Crippen molar-refractivity contribution in [2.24, 2.45) is 5.92 Å². The fourth-order valence-electron chi connectivity index (χ4n) is 2.53. The maximum absolute atomic E-state index is 10.4. The van der Waals surface area contributed by atoms with E-state index in [-0.39, 0.29) is 12.1 Å². The smallest absolute Gasteiger partial charge is 0.0945 e. The second kappa shape index (κ2) is 4.98. The molecule has 2 N–H and O–H groups in total. The topological polar surface area (TPSA) is 32.3 Å². The third-order valence-corrected chi connectivity index (χ3v) is 3.59. The molecule has 88 valence electrons. The van der Waals surface area contributed by atoms with Gasteiger partial charge in [-0.3, -0.25) is 0 Å². The highest BCUT2D eigenvalue weighted by atomic mass is 16.3. The molecule has 3 atom stereocenters. The van der Waals surface area contributed by atoms with E-state index in [1.54, 1.807) is 0 Å². The van der Waals surface area contributed by atoms with Crippen LogP contribution < -0.4 is 5.32 Å². The molecule has 2 rings (SSSR count). The van der Waals surface area contributed by atoms with Crippen LogP contribution in [0.15, 0.2) is 24.3 Å². The highest BCUT2D eigenvalue weighted by Gasteiger charge is 2.26. The maximum atomic E-state index is 10.4. The normalized spacial score (nSPS) is 27.7. The number of aliphatic hydroxyl groups excluding tert-OH is 1. The van der Waals surface area contributed by atoms with Crippen molar-refractivity contribution in [3.63, 3.8) is 0 Å². The Balaban J connectivity index is 2.12. The van der Waals surface area contributed by atoms with E-state index in [2.05, 4.69) is 25.2 Å². The van der Waals surface area contributed by atoms with E-state index in [9.17, 15) is 5.11 Å². The van der Waals surface area contributed by atoms with Crippen LogP contribution in [0.3, 0.4) is 0 Å². The minimum absolute atomic E-state index is 0.213. The summed E-state index contributed by atoms with van der Waals surface area (Å²) in [7, 11) is 0. The SMILES string of the molecule is Cc1ccccc1C(O)C1CC(C)CCN1. The first-order chi connectivity index (χ1) is 7.68. The van der Waals surface area contributed by atoms with E-state index < -0.39 is 0 Å². The van der Waals surface area contributed by atoms with Gasteiger partial charge in [-0.25, -0.2) is 0 Å². The number of benzene rings is 1. The molecule has 1 fully saturated rings. The summed E-state index contributed by atoms with van der Waals surface area (Å²) < 4.78 is 0. The molecule has 1 aliphatic heterocycles. The van der Waals surface area contributed by atoms with Gasteiger partial charge in [-0.05, 0) is 43.4 Å². The van der Waals surface area contributed by atoms with Gasteiger partial charge in [0.25, 0.3) is 0 Å². The van der Waals surface area contributed by atoms with Crippen LogP contribution in [-0.4, -0.2) is 17.7 Å². The summed E-state index contributed by atoms with van der Waals surface area (Å²) in [6, 6.07) is 8.32. The molecule has 0 aliphatic carbocycles. The lowest BCUT2D eigenvalue weighted by molar-refractivity contribution is 0.101. The summed E-state index contributed by atoms with van der Waals surface area (Å²) in [5.74, 6) is 0.713.